The van der Waals surface area contributed by atoms with Crippen molar-refractivity contribution < 1.29 is 5.11 Å². The summed E-state index contributed by atoms with van der Waals surface area (Å²) in [5.74, 6) is 0.800. The summed E-state index contributed by atoms with van der Waals surface area (Å²) in [6, 6.07) is 11.6. The second-order valence-corrected chi connectivity index (χ2v) is 7.70. The van der Waals surface area contributed by atoms with Crippen LogP contribution in [0.3, 0.4) is 0 Å². The van der Waals surface area contributed by atoms with Gasteiger partial charge in [0.1, 0.15) is 5.75 Å². The average Bonchev–Trinajstić information content (AvgIpc) is 2.54. The zero-order valence-corrected chi connectivity index (χ0v) is 15.9. The van der Waals surface area contributed by atoms with Gasteiger partial charge in [-0.15, -0.1) is 0 Å². The molecule has 0 saturated carbocycles. The Morgan fingerprint density at radius 3 is 2.56 bits per heavy atom. The minimum absolute atomic E-state index is 0.190. The molecule has 0 aromatic heterocycles. The molecule has 25 heavy (non-hydrogen) atoms. The molecule has 0 amide bonds. The molecule has 3 rings (SSSR count). The van der Waals surface area contributed by atoms with Gasteiger partial charge >= 0.3 is 0 Å². The first kappa shape index (κ1) is 17.5. The Kier molecular flexibility index (Phi) is 4.59. The number of aromatic hydroxyl groups is 1. The predicted molar refractivity (Wildman–Crippen MR) is 107 cm³/mol. The Morgan fingerprint density at radius 1 is 1.24 bits per heavy atom. The van der Waals surface area contributed by atoms with E-state index in [1.807, 2.05) is 18.3 Å². The minimum Gasteiger partial charge on any atom is -0.508 e. The van der Waals surface area contributed by atoms with E-state index in [2.05, 4.69) is 56.6 Å². The van der Waals surface area contributed by atoms with E-state index in [0.29, 0.717) is 5.92 Å². The third kappa shape index (κ3) is 3.41. The molecule has 0 spiro atoms. The van der Waals surface area contributed by atoms with Crippen LogP contribution in [-0.2, 0) is 0 Å². The summed E-state index contributed by atoms with van der Waals surface area (Å²) in [4.78, 5) is 7.09. The number of phenolic OH excluding ortho intramolecular Hbond substituents is 1. The molecule has 1 unspecified atom stereocenters. The van der Waals surface area contributed by atoms with E-state index in [1.54, 1.807) is 12.1 Å². The molecule has 2 aromatic rings. The van der Waals surface area contributed by atoms with E-state index in [4.69, 9.17) is 0 Å². The zero-order chi connectivity index (χ0) is 18.2. The molecule has 0 aliphatic carbocycles. The summed E-state index contributed by atoms with van der Waals surface area (Å²) in [5.41, 5.74) is 6.22. The van der Waals surface area contributed by atoms with Crippen molar-refractivity contribution >= 4 is 17.6 Å². The van der Waals surface area contributed by atoms with Gasteiger partial charge in [-0.25, -0.2) is 0 Å². The lowest BCUT2D eigenvalue weighted by Crippen LogP contribution is -2.48. The lowest BCUT2D eigenvalue weighted by molar-refractivity contribution is 0.381. The van der Waals surface area contributed by atoms with Crippen LogP contribution < -0.4 is 4.90 Å². The standard InChI is InChI=1S/C22H28N2O/c1-6-24-21-11-15(2)17(12-20(21)16(3)13-22(24,4)5)14-23-18-7-9-19(25)10-8-18/h7-12,14,16,25H,6,13H2,1-5H3. The summed E-state index contributed by atoms with van der Waals surface area (Å²) in [6.07, 6.45) is 3.09. The van der Waals surface area contributed by atoms with Gasteiger partial charge in [-0.1, -0.05) is 6.92 Å². The van der Waals surface area contributed by atoms with Crippen molar-refractivity contribution in [3.05, 3.63) is 53.1 Å². The van der Waals surface area contributed by atoms with Gasteiger partial charge in [0.2, 0.25) is 0 Å². The fraction of sp³-hybridized carbons (Fsp3) is 0.409. The van der Waals surface area contributed by atoms with Crippen LogP contribution in [-0.4, -0.2) is 23.4 Å². The Hall–Kier alpha value is -2.29. The number of hydrogen-bond acceptors (Lipinski definition) is 3. The second-order valence-electron chi connectivity index (χ2n) is 7.70. The van der Waals surface area contributed by atoms with Crippen molar-refractivity contribution in [1.82, 2.24) is 0 Å². The Morgan fingerprint density at radius 2 is 1.92 bits per heavy atom. The molecule has 1 N–H and O–H groups in total. The van der Waals surface area contributed by atoms with Gasteiger partial charge in [0, 0.05) is 24.0 Å². The highest BCUT2D eigenvalue weighted by Crippen LogP contribution is 2.44. The molecule has 2 aromatic carbocycles. The number of phenols is 1. The molecule has 1 heterocycles. The molecular weight excluding hydrogens is 308 g/mol. The molecular formula is C22H28N2O. The molecule has 132 valence electrons. The monoisotopic (exact) mass is 336 g/mol. The summed E-state index contributed by atoms with van der Waals surface area (Å²) < 4.78 is 0. The third-order valence-electron chi connectivity index (χ3n) is 5.29. The summed E-state index contributed by atoms with van der Waals surface area (Å²) in [5, 5.41) is 9.38. The van der Waals surface area contributed by atoms with Gasteiger partial charge in [0.15, 0.2) is 0 Å². The summed E-state index contributed by atoms with van der Waals surface area (Å²) in [7, 11) is 0. The largest absolute Gasteiger partial charge is 0.508 e. The van der Waals surface area contributed by atoms with Gasteiger partial charge in [-0.3, -0.25) is 4.99 Å². The fourth-order valence-corrected chi connectivity index (χ4v) is 4.07. The Balaban J connectivity index is 1.99. The van der Waals surface area contributed by atoms with Crippen molar-refractivity contribution in [2.45, 2.75) is 52.5 Å². The van der Waals surface area contributed by atoms with E-state index in [-0.39, 0.29) is 11.3 Å². The van der Waals surface area contributed by atoms with E-state index < -0.39 is 0 Å². The number of fused-ring (bicyclic) bond motifs is 1. The van der Waals surface area contributed by atoms with E-state index in [1.165, 1.54) is 16.8 Å². The molecule has 1 atom stereocenters. The SMILES string of the molecule is CCN1c2cc(C)c(C=Nc3ccc(O)cc3)cc2C(C)CC1(C)C. The van der Waals surface area contributed by atoms with Gasteiger partial charge in [-0.05, 0) is 93.1 Å². The molecule has 3 heteroatoms. The van der Waals surface area contributed by atoms with Gasteiger partial charge in [0.25, 0.3) is 0 Å². The number of nitrogens with zero attached hydrogens (tertiary/aromatic N) is 2. The van der Waals surface area contributed by atoms with Crippen molar-refractivity contribution in [2.24, 2.45) is 4.99 Å². The number of hydrogen-bond donors (Lipinski definition) is 1. The van der Waals surface area contributed by atoms with Gasteiger partial charge in [-0.2, -0.15) is 0 Å². The maximum atomic E-state index is 9.38. The smallest absolute Gasteiger partial charge is 0.115 e. The molecule has 1 aliphatic rings. The van der Waals surface area contributed by atoms with Gasteiger partial charge in [0.05, 0.1) is 5.69 Å². The topological polar surface area (TPSA) is 35.8 Å². The summed E-state index contributed by atoms with van der Waals surface area (Å²) in [6.45, 7) is 12.4. The van der Waals surface area contributed by atoms with Crippen LogP contribution in [0.1, 0.15) is 56.7 Å². The van der Waals surface area contributed by atoms with Crippen molar-refractivity contribution in [2.75, 3.05) is 11.4 Å². The maximum Gasteiger partial charge on any atom is 0.115 e. The number of benzene rings is 2. The molecule has 1 aliphatic heterocycles. The van der Waals surface area contributed by atoms with Crippen LogP contribution in [0.25, 0.3) is 0 Å². The first-order valence-corrected chi connectivity index (χ1v) is 9.07. The quantitative estimate of drug-likeness (QED) is 0.744. The number of aryl methyl sites for hydroxylation is 1. The van der Waals surface area contributed by atoms with Gasteiger partial charge < -0.3 is 10.0 Å². The highest BCUT2D eigenvalue weighted by atomic mass is 16.3. The fourth-order valence-electron chi connectivity index (χ4n) is 4.07. The van der Waals surface area contributed by atoms with Crippen molar-refractivity contribution in [3.63, 3.8) is 0 Å². The molecule has 0 saturated heterocycles. The predicted octanol–water partition coefficient (Wildman–Crippen LogP) is 5.56. The van der Waals surface area contributed by atoms with Crippen molar-refractivity contribution in [1.29, 1.82) is 0 Å². The normalized spacial score (nSPS) is 19.2. The number of rotatable bonds is 3. The molecule has 0 radical (unpaired) electrons. The Bertz CT molecular complexity index is 790. The second kappa shape index (κ2) is 6.55. The number of anilines is 1. The lowest BCUT2D eigenvalue weighted by Gasteiger charge is -2.47. The highest BCUT2D eigenvalue weighted by molar-refractivity contribution is 5.86. The van der Waals surface area contributed by atoms with Crippen LogP contribution >= 0.6 is 0 Å². The van der Waals surface area contributed by atoms with Crippen LogP contribution in [0, 0.1) is 6.92 Å². The third-order valence-corrected chi connectivity index (χ3v) is 5.29. The lowest BCUT2D eigenvalue weighted by atomic mass is 9.79. The molecule has 0 bridgehead atoms. The van der Waals surface area contributed by atoms with Crippen molar-refractivity contribution in [3.8, 4) is 5.75 Å². The zero-order valence-electron chi connectivity index (χ0n) is 15.9. The van der Waals surface area contributed by atoms with E-state index in [0.717, 1.165) is 24.2 Å². The van der Waals surface area contributed by atoms with E-state index in [9.17, 15) is 5.11 Å². The van der Waals surface area contributed by atoms with Crippen LogP contribution in [0.5, 0.6) is 5.75 Å². The molecule has 3 nitrogen and oxygen atoms in total. The average molecular weight is 336 g/mol. The molecule has 0 fully saturated rings. The minimum atomic E-state index is 0.190. The number of aliphatic imine (C=N–C) groups is 1. The van der Waals surface area contributed by atoms with Crippen LogP contribution in [0.15, 0.2) is 41.4 Å². The van der Waals surface area contributed by atoms with Crippen LogP contribution in [0.4, 0.5) is 11.4 Å². The maximum absolute atomic E-state index is 9.38. The Labute approximate surface area is 151 Å². The van der Waals surface area contributed by atoms with Crippen LogP contribution in [0.2, 0.25) is 0 Å². The first-order chi connectivity index (χ1) is 11.8. The summed E-state index contributed by atoms with van der Waals surface area (Å²) >= 11 is 0. The highest BCUT2D eigenvalue weighted by Gasteiger charge is 2.35. The first-order valence-electron chi connectivity index (χ1n) is 9.07. The van der Waals surface area contributed by atoms with E-state index >= 15 is 0 Å².